The Bertz CT molecular complexity index is 666. The summed E-state index contributed by atoms with van der Waals surface area (Å²) in [6, 6.07) is 5.15. The number of hydrogen-bond acceptors (Lipinski definition) is 4. The number of nitrogens with two attached hydrogens (primary N) is 1. The van der Waals surface area contributed by atoms with E-state index in [1.54, 1.807) is 0 Å². The minimum Gasteiger partial charge on any atom is -0.326 e. The molecular weight excluding hydrogens is 271 g/mol. The van der Waals surface area contributed by atoms with E-state index in [-0.39, 0.29) is 11.6 Å². The Morgan fingerprint density at radius 1 is 1.37 bits per heavy atom. The zero-order chi connectivity index (χ0) is 14.0. The zero-order valence-electron chi connectivity index (χ0n) is 10.2. The van der Waals surface area contributed by atoms with E-state index in [9.17, 15) is 12.8 Å². The fraction of sp³-hybridized carbons (Fsp3) is 0.182. The number of hydrogen-bond donors (Lipinski definition) is 2. The van der Waals surface area contributed by atoms with Gasteiger partial charge in [-0.2, -0.15) is 13.5 Å². The SMILES string of the molecule is CN(c1ccc(F)cc1)S(=O)(=O)c1[nH]ncc1CN. The Morgan fingerprint density at radius 3 is 2.58 bits per heavy atom. The average molecular weight is 284 g/mol. The van der Waals surface area contributed by atoms with Crippen molar-refractivity contribution in [1.82, 2.24) is 10.2 Å². The van der Waals surface area contributed by atoms with Crippen LogP contribution in [0.15, 0.2) is 35.5 Å². The van der Waals surface area contributed by atoms with Gasteiger partial charge in [-0.3, -0.25) is 9.40 Å². The molecule has 0 spiro atoms. The number of H-pyrrole nitrogens is 1. The molecule has 0 aliphatic heterocycles. The van der Waals surface area contributed by atoms with Gasteiger partial charge in [-0.15, -0.1) is 0 Å². The van der Waals surface area contributed by atoms with Crippen molar-refractivity contribution in [3.63, 3.8) is 0 Å². The van der Waals surface area contributed by atoms with Gasteiger partial charge in [-0.25, -0.2) is 4.39 Å². The molecule has 1 aromatic carbocycles. The van der Waals surface area contributed by atoms with E-state index in [1.807, 2.05) is 0 Å². The Balaban J connectivity index is 2.42. The van der Waals surface area contributed by atoms with Gasteiger partial charge in [0.15, 0.2) is 5.03 Å². The highest BCUT2D eigenvalue weighted by Crippen LogP contribution is 2.22. The second kappa shape index (κ2) is 4.98. The molecule has 2 aromatic rings. The molecule has 8 heteroatoms. The van der Waals surface area contributed by atoms with Crippen molar-refractivity contribution in [2.24, 2.45) is 5.73 Å². The van der Waals surface area contributed by atoms with Gasteiger partial charge in [-0.1, -0.05) is 0 Å². The van der Waals surface area contributed by atoms with Gasteiger partial charge >= 0.3 is 0 Å². The van der Waals surface area contributed by atoms with Gasteiger partial charge in [0.1, 0.15) is 5.82 Å². The molecule has 0 aliphatic rings. The lowest BCUT2D eigenvalue weighted by Gasteiger charge is -2.19. The van der Waals surface area contributed by atoms with Crippen LogP contribution < -0.4 is 10.0 Å². The number of halogens is 1. The quantitative estimate of drug-likeness (QED) is 0.870. The predicted molar refractivity (Wildman–Crippen MR) is 68.5 cm³/mol. The normalized spacial score (nSPS) is 11.5. The van der Waals surface area contributed by atoms with Crippen LogP contribution in [0, 0.1) is 5.82 Å². The maximum atomic E-state index is 12.8. The van der Waals surface area contributed by atoms with Gasteiger partial charge < -0.3 is 5.73 Å². The summed E-state index contributed by atoms with van der Waals surface area (Å²) in [6.45, 7) is 0.0579. The molecule has 0 radical (unpaired) electrons. The Morgan fingerprint density at radius 2 is 2.00 bits per heavy atom. The average Bonchev–Trinajstić information content (AvgIpc) is 2.87. The van der Waals surface area contributed by atoms with Crippen LogP contribution in [0.25, 0.3) is 0 Å². The smallest absolute Gasteiger partial charge is 0.281 e. The molecule has 102 valence electrons. The zero-order valence-corrected chi connectivity index (χ0v) is 11.0. The number of benzene rings is 1. The number of aromatic amines is 1. The van der Waals surface area contributed by atoms with E-state index in [4.69, 9.17) is 5.73 Å². The fourth-order valence-electron chi connectivity index (χ4n) is 1.59. The van der Waals surface area contributed by atoms with Crippen LogP contribution in [0.1, 0.15) is 5.56 Å². The third-order valence-electron chi connectivity index (χ3n) is 2.71. The lowest BCUT2D eigenvalue weighted by Crippen LogP contribution is -2.28. The predicted octanol–water partition coefficient (Wildman–Crippen LogP) is 0.833. The number of nitrogens with one attached hydrogen (secondary N) is 1. The first kappa shape index (κ1) is 13.5. The highest BCUT2D eigenvalue weighted by Gasteiger charge is 2.25. The van der Waals surface area contributed by atoms with Crippen molar-refractivity contribution < 1.29 is 12.8 Å². The minimum absolute atomic E-state index is 0.0539. The second-order valence-corrected chi connectivity index (χ2v) is 5.78. The van der Waals surface area contributed by atoms with E-state index in [0.717, 1.165) is 4.31 Å². The van der Waals surface area contributed by atoms with Crippen LogP contribution in [-0.4, -0.2) is 25.7 Å². The van der Waals surface area contributed by atoms with Crippen LogP contribution >= 0.6 is 0 Å². The van der Waals surface area contributed by atoms with E-state index in [2.05, 4.69) is 10.2 Å². The highest BCUT2D eigenvalue weighted by atomic mass is 32.2. The minimum atomic E-state index is -3.79. The Labute approximate surface area is 110 Å². The van der Waals surface area contributed by atoms with Gasteiger partial charge in [0.2, 0.25) is 0 Å². The first-order valence-corrected chi connectivity index (χ1v) is 6.87. The van der Waals surface area contributed by atoms with Crippen molar-refractivity contribution in [3.8, 4) is 0 Å². The van der Waals surface area contributed by atoms with Crippen molar-refractivity contribution >= 4 is 15.7 Å². The number of nitrogens with zero attached hydrogens (tertiary/aromatic N) is 2. The van der Waals surface area contributed by atoms with Crippen LogP contribution in [0.3, 0.4) is 0 Å². The molecule has 0 atom stereocenters. The molecule has 0 fully saturated rings. The van der Waals surface area contributed by atoms with E-state index < -0.39 is 15.8 Å². The van der Waals surface area contributed by atoms with Crippen LogP contribution in [0.5, 0.6) is 0 Å². The second-order valence-electron chi connectivity index (χ2n) is 3.88. The number of aromatic nitrogens is 2. The molecule has 2 rings (SSSR count). The van der Waals surface area contributed by atoms with Crippen LogP contribution in [-0.2, 0) is 16.6 Å². The third kappa shape index (κ3) is 2.45. The van der Waals surface area contributed by atoms with E-state index in [1.165, 1.54) is 37.5 Å². The summed E-state index contributed by atoms with van der Waals surface area (Å²) in [6.07, 6.45) is 1.37. The maximum Gasteiger partial charge on any atom is 0.281 e. The van der Waals surface area contributed by atoms with Crippen LogP contribution in [0.4, 0.5) is 10.1 Å². The number of rotatable bonds is 4. The molecule has 0 bridgehead atoms. The summed E-state index contributed by atoms with van der Waals surface area (Å²) >= 11 is 0. The molecular formula is C11H13FN4O2S. The Hall–Kier alpha value is -1.93. The summed E-state index contributed by atoms with van der Waals surface area (Å²) in [7, 11) is -2.41. The summed E-state index contributed by atoms with van der Waals surface area (Å²) in [5.74, 6) is -0.432. The van der Waals surface area contributed by atoms with Gasteiger partial charge in [0.25, 0.3) is 10.0 Å². The van der Waals surface area contributed by atoms with Crippen molar-refractivity contribution in [1.29, 1.82) is 0 Å². The molecule has 0 amide bonds. The molecule has 0 saturated carbocycles. The Kier molecular flexibility index (Phi) is 3.54. The topological polar surface area (TPSA) is 92.1 Å². The standard InChI is InChI=1S/C11H13FN4O2S/c1-16(10-4-2-9(12)3-5-10)19(17,18)11-8(6-13)7-14-15-11/h2-5,7H,6,13H2,1H3,(H,14,15). The molecule has 19 heavy (non-hydrogen) atoms. The lowest BCUT2D eigenvalue weighted by molar-refractivity contribution is 0.588. The van der Waals surface area contributed by atoms with Crippen LogP contribution in [0.2, 0.25) is 0 Å². The van der Waals surface area contributed by atoms with Crippen molar-refractivity contribution in [2.75, 3.05) is 11.4 Å². The summed E-state index contributed by atoms with van der Waals surface area (Å²) in [4.78, 5) is 0. The molecule has 0 unspecified atom stereocenters. The maximum absolute atomic E-state index is 12.8. The van der Waals surface area contributed by atoms with Gasteiger partial charge in [0, 0.05) is 19.2 Å². The number of anilines is 1. The molecule has 0 aliphatic carbocycles. The summed E-state index contributed by atoms with van der Waals surface area (Å²) < 4.78 is 38.6. The van der Waals surface area contributed by atoms with Gasteiger partial charge in [0.05, 0.1) is 11.9 Å². The highest BCUT2D eigenvalue weighted by molar-refractivity contribution is 7.92. The molecule has 1 heterocycles. The first-order valence-electron chi connectivity index (χ1n) is 5.43. The molecule has 3 N–H and O–H groups in total. The fourth-order valence-corrected chi connectivity index (χ4v) is 2.90. The molecule has 0 saturated heterocycles. The van der Waals surface area contributed by atoms with E-state index >= 15 is 0 Å². The largest absolute Gasteiger partial charge is 0.326 e. The summed E-state index contributed by atoms with van der Waals surface area (Å²) in [5, 5.41) is 6.05. The number of sulfonamides is 1. The third-order valence-corrected chi connectivity index (χ3v) is 4.51. The van der Waals surface area contributed by atoms with Crippen molar-refractivity contribution in [2.45, 2.75) is 11.6 Å². The van der Waals surface area contributed by atoms with Crippen molar-refractivity contribution in [3.05, 3.63) is 41.8 Å². The van der Waals surface area contributed by atoms with Gasteiger partial charge in [-0.05, 0) is 24.3 Å². The van der Waals surface area contributed by atoms with E-state index in [0.29, 0.717) is 11.3 Å². The lowest BCUT2D eigenvalue weighted by atomic mass is 10.3. The molecule has 1 aromatic heterocycles. The first-order chi connectivity index (χ1) is 8.96. The summed E-state index contributed by atoms with van der Waals surface area (Å²) in [5.41, 5.74) is 6.20. The molecule has 6 nitrogen and oxygen atoms in total. The monoisotopic (exact) mass is 284 g/mol.